The lowest BCUT2D eigenvalue weighted by Gasteiger charge is -2.13. The summed E-state index contributed by atoms with van der Waals surface area (Å²) < 4.78 is 9.68. The fourth-order valence-electron chi connectivity index (χ4n) is 8.82. The van der Waals surface area contributed by atoms with E-state index in [-0.39, 0.29) is 0 Å². The highest BCUT2D eigenvalue weighted by Crippen LogP contribution is 2.44. The van der Waals surface area contributed by atoms with Crippen LogP contribution in [0.25, 0.3) is 104 Å². The Balaban J connectivity index is 1.10. The number of rotatable bonds is 5. The quantitative estimate of drug-likeness (QED) is 0.177. The lowest BCUT2D eigenvalue weighted by Crippen LogP contribution is -2.01. The zero-order valence-corrected chi connectivity index (χ0v) is 30.9. The highest BCUT2D eigenvalue weighted by Gasteiger charge is 2.23. The van der Waals surface area contributed by atoms with E-state index >= 15 is 0 Å². The van der Waals surface area contributed by atoms with Crippen LogP contribution in [0.3, 0.4) is 0 Å². The molecule has 0 unspecified atom stereocenters. The van der Waals surface area contributed by atoms with Crippen molar-refractivity contribution in [2.75, 3.05) is 0 Å². The van der Waals surface area contributed by atoms with Crippen molar-refractivity contribution in [3.63, 3.8) is 0 Å². The Morgan fingerprint density at radius 1 is 0.357 bits per heavy atom. The molecule has 8 aromatic carbocycles. The van der Waals surface area contributed by atoms with E-state index in [0.717, 1.165) is 61.6 Å². The van der Waals surface area contributed by atoms with Gasteiger partial charge < -0.3 is 9.13 Å². The first-order valence-electron chi connectivity index (χ1n) is 18.8. The molecule has 0 radical (unpaired) electrons. The lowest BCUT2D eigenvalue weighted by atomic mass is 10.1. The van der Waals surface area contributed by atoms with Gasteiger partial charge in [-0.25, -0.2) is 0 Å². The predicted molar refractivity (Wildman–Crippen MR) is 234 cm³/mol. The Morgan fingerprint density at radius 3 is 1.66 bits per heavy atom. The van der Waals surface area contributed by atoms with Crippen molar-refractivity contribution in [3.8, 4) is 39.8 Å². The zero-order valence-electron chi connectivity index (χ0n) is 30.0. The van der Waals surface area contributed by atoms with Crippen molar-refractivity contribution >= 4 is 75.1 Å². The molecular weight excluding hydrogens is 703 g/mol. The highest BCUT2D eigenvalue weighted by atomic mass is 32.1. The molecule has 0 atom stereocenters. The summed E-state index contributed by atoms with van der Waals surface area (Å²) in [5.74, 6) is 1.61. The van der Waals surface area contributed by atoms with Crippen LogP contribution in [0, 0.1) is 0 Å². The van der Waals surface area contributed by atoms with Crippen LogP contribution in [0.4, 0.5) is 0 Å². The maximum absolute atomic E-state index is 4.92. The summed E-state index contributed by atoms with van der Waals surface area (Å²) in [7, 11) is 0. The topological polar surface area (TPSA) is 40.6 Å². The maximum Gasteiger partial charge on any atom is 0.169 e. The van der Waals surface area contributed by atoms with Gasteiger partial charge in [0, 0.05) is 69.9 Å². The molecule has 12 aromatic rings. The fourth-order valence-corrected chi connectivity index (χ4v) is 10.1. The van der Waals surface area contributed by atoms with Gasteiger partial charge in [0.05, 0.1) is 22.1 Å². The summed E-state index contributed by atoms with van der Waals surface area (Å²) in [6.07, 6.45) is 0. The summed E-state index contributed by atoms with van der Waals surface area (Å²) in [5, 5.41) is 17.2. The van der Waals surface area contributed by atoms with E-state index in [9.17, 15) is 0 Å². The van der Waals surface area contributed by atoms with E-state index in [1.165, 1.54) is 42.0 Å². The molecule has 0 aliphatic heterocycles. The summed E-state index contributed by atoms with van der Waals surface area (Å²) >= 11 is 1.89. The molecule has 0 bridgehead atoms. The summed E-state index contributed by atoms with van der Waals surface area (Å²) in [4.78, 5) is 0. The van der Waals surface area contributed by atoms with Crippen LogP contribution in [-0.4, -0.2) is 23.9 Å². The molecule has 0 aliphatic carbocycles. The van der Waals surface area contributed by atoms with E-state index in [4.69, 9.17) is 10.2 Å². The van der Waals surface area contributed by atoms with Gasteiger partial charge in [-0.3, -0.25) is 4.57 Å². The largest absolute Gasteiger partial charge is 0.309 e. The van der Waals surface area contributed by atoms with Crippen molar-refractivity contribution in [1.29, 1.82) is 0 Å². The van der Waals surface area contributed by atoms with Crippen molar-refractivity contribution in [3.05, 3.63) is 188 Å². The minimum absolute atomic E-state index is 0.801. The fraction of sp³-hybridized carbons (Fsp3) is 0. The number of benzene rings is 8. The maximum atomic E-state index is 4.92. The SMILES string of the molecule is c1ccc(-c2nnc(-c3cccc4c3c3ccccc3n4-c3cccc(-n4c5ccccc5c5c6sc7ccccc7c6ccc54)c3)n2-c2ccccc2)cc1. The Hall–Kier alpha value is -7.28. The third-order valence-electron chi connectivity index (χ3n) is 11.2. The standard InChI is InChI=1S/C50H31N5S/c1-3-15-32(16-4-1)49-51-52-50(55(49)33-17-5-2-6-18-33)40-24-14-27-43-46(40)38-22-7-10-25-41(38)53(43)34-19-13-20-35(31-34)54-42-26-11-8-23-39(42)47-44(54)30-29-37-36-21-9-12-28-45(36)56-48(37)47/h1-31H. The van der Waals surface area contributed by atoms with Gasteiger partial charge in [-0.05, 0) is 60.7 Å². The van der Waals surface area contributed by atoms with Crippen LogP contribution < -0.4 is 0 Å². The van der Waals surface area contributed by atoms with Gasteiger partial charge in [0.1, 0.15) is 0 Å². The van der Waals surface area contributed by atoms with Gasteiger partial charge in [-0.2, -0.15) is 0 Å². The molecule has 0 spiro atoms. The first-order valence-corrected chi connectivity index (χ1v) is 19.7. The molecular formula is C50H31N5S. The number of thiophene rings is 1. The van der Waals surface area contributed by atoms with Gasteiger partial charge in [-0.1, -0.05) is 127 Å². The Kier molecular flexibility index (Phi) is 6.73. The summed E-state index contributed by atoms with van der Waals surface area (Å²) in [6, 6.07) is 67.2. The zero-order chi connectivity index (χ0) is 36.7. The molecule has 5 nitrogen and oxygen atoms in total. The molecule has 0 fully saturated rings. The third-order valence-corrected chi connectivity index (χ3v) is 12.4. The van der Waals surface area contributed by atoms with Crippen molar-refractivity contribution < 1.29 is 0 Å². The second-order valence-electron chi connectivity index (χ2n) is 14.2. The number of fused-ring (bicyclic) bond motifs is 10. The summed E-state index contributed by atoms with van der Waals surface area (Å²) in [5.41, 5.74) is 9.92. The normalized spacial score (nSPS) is 11.9. The third kappa shape index (κ3) is 4.48. The Bertz CT molecular complexity index is 3480. The molecule has 12 rings (SSSR count). The second kappa shape index (κ2) is 12.1. The van der Waals surface area contributed by atoms with Crippen LogP contribution in [0.5, 0.6) is 0 Å². The molecule has 0 saturated heterocycles. The van der Waals surface area contributed by atoms with Crippen LogP contribution >= 0.6 is 11.3 Å². The van der Waals surface area contributed by atoms with E-state index < -0.39 is 0 Å². The van der Waals surface area contributed by atoms with Gasteiger partial charge in [0.2, 0.25) is 0 Å². The molecule has 56 heavy (non-hydrogen) atoms. The molecule has 262 valence electrons. The number of hydrogen-bond donors (Lipinski definition) is 0. The first-order chi connectivity index (χ1) is 27.8. The Morgan fingerprint density at radius 2 is 0.911 bits per heavy atom. The van der Waals surface area contributed by atoms with E-state index in [1.54, 1.807) is 0 Å². The predicted octanol–water partition coefficient (Wildman–Crippen LogP) is 13.2. The van der Waals surface area contributed by atoms with Crippen LogP contribution in [0.15, 0.2) is 188 Å². The first kappa shape index (κ1) is 31.1. The molecule has 0 aliphatic rings. The number of hydrogen-bond acceptors (Lipinski definition) is 3. The molecule has 4 heterocycles. The number of aromatic nitrogens is 5. The van der Waals surface area contributed by atoms with Crippen LogP contribution in [-0.2, 0) is 0 Å². The highest BCUT2D eigenvalue weighted by molar-refractivity contribution is 7.26. The van der Waals surface area contributed by atoms with Gasteiger partial charge >= 0.3 is 0 Å². The minimum Gasteiger partial charge on any atom is -0.309 e. The average Bonchev–Trinajstić information content (AvgIpc) is 4.04. The molecule has 0 amide bonds. The van der Waals surface area contributed by atoms with Crippen molar-refractivity contribution in [1.82, 2.24) is 23.9 Å². The molecule has 6 heteroatoms. The molecule has 0 saturated carbocycles. The second-order valence-corrected chi connectivity index (χ2v) is 15.3. The lowest BCUT2D eigenvalue weighted by molar-refractivity contribution is 1.07. The smallest absolute Gasteiger partial charge is 0.169 e. The van der Waals surface area contributed by atoms with E-state index in [1.807, 2.05) is 35.6 Å². The van der Waals surface area contributed by atoms with Crippen molar-refractivity contribution in [2.24, 2.45) is 0 Å². The van der Waals surface area contributed by atoms with Gasteiger partial charge in [0.25, 0.3) is 0 Å². The van der Waals surface area contributed by atoms with E-state index in [0.29, 0.717) is 0 Å². The number of para-hydroxylation sites is 3. The van der Waals surface area contributed by atoms with Gasteiger partial charge in [0.15, 0.2) is 11.6 Å². The average molecular weight is 734 g/mol. The Labute approximate surface area is 325 Å². The monoisotopic (exact) mass is 733 g/mol. The minimum atomic E-state index is 0.801. The van der Waals surface area contributed by atoms with E-state index in [2.05, 4.69) is 177 Å². The van der Waals surface area contributed by atoms with Crippen LogP contribution in [0.1, 0.15) is 0 Å². The van der Waals surface area contributed by atoms with Crippen LogP contribution in [0.2, 0.25) is 0 Å². The number of nitrogens with zero attached hydrogens (tertiary/aromatic N) is 5. The van der Waals surface area contributed by atoms with Crippen molar-refractivity contribution in [2.45, 2.75) is 0 Å². The van der Waals surface area contributed by atoms with Gasteiger partial charge in [-0.15, -0.1) is 21.5 Å². The molecule has 4 aromatic heterocycles. The summed E-state index contributed by atoms with van der Waals surface area (Å²) in [6.45, 7) is 0. The molecule has 0 N–H and O–H groups in total.